The second-order valence-corrected chi connectivity index (χ2v) is 9.28. The van der Waals surface area contributed by atoms with Crippen LogP contribution in [0.25, 0.3) is 0 Å². The molecule has 26 heavy (non-hydrogen) atoms. The number of sulfonamides is 1. The van der Waals surface area contributed by atoms with Crippen molar-refractivity contribution in [1.82, 2.24) is 4.31 Å². The first kappa shape index (κ1) is 20.4. The molecule has 6 nitrogen and oxygen atoms in total. The molecule has 0 fully saturated rings. The number of nitrogens with zero attached hydrogens (tertiary/aromatic N) is 1. The van der Waals surface area contributed by atoms with Crippen LogP contribution >= 0.6 is 0 Å². The van der Waals surface area contributed by atoms with Crippen LogP contribution in [-0.4, -0.2) is 34.2 Å². The number of hydrogen-bond donors (Lipinski definition) is 0. The Labute approximate surface area is 155 Å². The van der Waals surface area contributed by atoms with E-state index in [0.717, 1.165) is 11.1 Å². The molecule has 0 aromatic heterocycles. The van der Waals surface area contributed by atoms with Gasteiger partial charge in [0, 0.05) is 13.1 Å². The van der Waals surface area contributed by atoms with Crippen molar-refractivity contribution in [3.63, 3.8) is 0 Å². The molecule has 0 atom stereocenters. The molecule has 0 spiro atoms. The Morgan fingerprint density at radius 3 is 1.92 bits per heavy atom. The average Bonchev–Trinajstić information content (AvgIpc) is 2.60. The van der Waals surface area contributed by atoms with E-state index < -0.39 is 20.1 Å². The first-order valence-electron chi connectivity index (χ1n) is 8.24. The molecule has 0 bridgehead atoms. The van der Waals surface area contributed by atoms with Crippen molar-refractivity contribution in [3.8, 4) is 5.75 Å². The highest BCUT2D eigenvalue weighted by Gasteiger charge is 2.23. The van der Waals surface area contributed by atoms with E-state index in [2.05, 4.69) is 0 Å². The molecule has 2 rings (SSSR count). The smallest absolute Gasteiger partial charge is 0.339 e. The maximum Gasteiger partial charge on any atom is 0.339 e. The molecule has 0 radical (unpaired) electrons. The molecule has 0 aliphatic heterocycles. The molecule has 0 unspecified atom stereocenters. The van der Waals surface area contributed by atoms with Crippen molar-refractivity contribution in [1.29, 1.82) is 0 Å². The van der Waals surface area contributed by atoms with Gasteiger partial charge in [0.2, 0.25) is 10.0 Å². The number of hydrogen-bond acceptors (Lipinski definition) is 5. The second-order valence-electron chi connectivity index (χ2n) is 5.80. The minimum atomic E-state index is -4.05. The summed E-state index contributed by atoms with van der Waals surface area (Å²) in [7, 11) is -7.69. The minimum Gasteiger partial charge on any atom is -0.379 e. The molecule has 0 aliphatic carbocycles. The summed E-state index contributed by atoms with van der Waals surface area (Å²) >= 11 is 0. The van der Waals surface area contributed by atoms with Gasteiger partial charge < -0.3 is 4.18 Å². The summed E-state index contributed by atoms with van der Waals surface area (Å²) in [6.07, 6.45) is 0. The molecule has 142 valence electrons. The zero-order valence-corrected chi connectivity index (χ0v) is 16.9. The van der Waals surface area contributed by atoms with Crippen LogP contribution < -0.4 is 4.18 Å². The maximum absolute atomic E-state index is 12.5. The summed E-state index contributed by atoms with van der Waals surface area (Å²) < 4.78 is 56.5. The summed E-state index contributed by atoms with van der Waals surface area (Å²) in [6, 6.07) is 10.2. The van der Waals surface area contributed by atoms with Gasteiger partial charge in [-0.3, -0.25) is 0 Å². The molecule has 2 aromatic carbocycles. The van der Waals surface area contributed by atoms with Crippen molar-refractivity contribution in [2.45, 2.75) is 37.5 Å². The topological polar surface area (TPSA) is 80.8 Å². The first-order chi connectivity index (χ1) is 12.1. The summed E-state index contributed by atoms with van der Waals surface area (Å²) in [5, 5.41) is 0. The lowest BCUT2D eigenvalue weighted by Gasteiger charge is -2.18. The average molecular weight is 398 g/mol. The summed E-state index contributed by atoms with van der Waals surface area (Å²) in [6.45, 7) is 7.82. The third-order valence-electron chi connectivity index (χ3n) is 4.21. The van der Waals surface area contributed by atoms with Crippen LogP contribution in [0.4, 0.5) is 0 Å². The summed E-state index contributed by atoms with van der Waals surface area (Å²) in [5.41, 5.74) is 1.65. The predicted octanol–water partition coefficient (Wildman–Crippen LogP) is 3.10. The molecule has 0 N–H and O–H groups in total. The van der Waals surface area contributed by atoms with Crippen molar-refractivity contribution in [2.24, 2.45) is 0 Å². The van der Waals surface area contributed by atoms with E-state index in [1.54, 1.807) is 32.9 Å². The lowest BCUT2D eigenvalue weighted by Crippen LogP contribution is -2.30. The largest absolute Gasteiger partial charge is 0.379 e. The Bertz CT molecular complexity index is 977. The SMILES string of the molecule is CCN(CC)S(=O)(=O)c1ccc(S(=O)(=O)Oc2cccc(C)c2C)cc1. The summed E-state index contributed by atoms with van der Waals surface area (Å²) in [5.74, 6) is 0.254. The predicted molar refractivity (Wildman–Crippen MR) is 100 cm³/mol. The van der Waals surface area contributed by atoms with E-state index >= 15 is 0 Å². The molecule has 0 aliphatic rings. The number of benzene rings is 2. The van der Waals surface area contributed by atoms with Crippen molar-refractivity contribution >= 4 is 20.1 Å². The van der Waals surface area contributed by atoms with Gasteiger partial charge in [0.05, 0.1) is 4.90 Å². The van der Waals surface area contributed by atoms with Gasteiger partial charge in [-0.1, -0.05) is 26.0 Å². The van der Waals surface area contributed by atoms with Gasteiger partial charge in [0.15, 0.2) is 0 Å². The zero-order valence-electron chi connectivity index (χ0n) is 15.3. The fourth-order valence-electron chi connectivity index (χ4n) is 2.47. The monoisotopic (exact) mass is 397 g/mol. The lowest BCUT2D eigenvalue weighted by atomic mass is 10.1. The van der Waals surface area contributed by atoms with Crippen LogP contribution in [0.15, 0.2) is 52.3 Å². The molecule has 0 saturated heterocycles. The first-order valence-corrected chi connectivity index (χ1v) is 11.1. The van der Waals surface area contributed by atoms with Crippen molar-refractivity contribution in [2.75, 3.05) is 13.1 Å². The molecular formula is C18H23NO5S2. The van der Waals surface area contributed by atoms with Crippen molar-refractivity contribution < 1.29 is 21.0 Å². The molecule has 0 saturated carbocycles. The molecule has 8 heteroatoms. The van der Waals surface area contributed by atoms with Gasteiger partial charge in [-0.25, -0.2) is 8.42 Å². The van der Waals surface area contributed by atoms with Gasteiger partial charge in [0.25, 0.3) is 0 Å². The molecular weight excluding hydrogens is 374 g/mol. The van der Waals surface area contributed by atoms with Gasteiger partial charge >= 0.3 is 10.1 Å². The standard InChI is InChI=1S/C18H23NO5S2/c1-5-19(6-2)25(20,21)16-10-12-17(13-11-16)26(22,23)24-18-9-7-8-14(3)15(18)4/h7-13H,5-6H2,1-4H3. The van der Waals surface area contributed by atoms with Gasteiger partial charge in [0.1, 0.15) is 10.6 Å². The third-order valence-corrected chi connectivity index (χ3v) is 7.52. The van der Waals surface area contributed by atoms with E-state index in [0.29, 0.717) is 13.1 Å². The Kier molecular flexibility index (Phi) is 6.10. The van der Waals surface area contributed by atoms with E-state index in [1.807, 2.05) is 13.0 Å². The van der Waals surface area contributed by atoms with Crippen LogP contribution in [0.5, 0.6) is 5.75 Å². The van der Waals surface area contributed by atoms with Crippen LogP contribution in [-0.2, 0) is 20.1 Å². The van der Waals surface area contributed by atoms with Gasteiger partial charge in [-0.2, -0.15) is 12.7 Å². The number of rotatable bonds is 7. The van der Waals surface area contributed by atoms with Crippen LogP contribution in [0.3, 0.4) is 0 Å². The Morgan fingerprint density at radius 1 is 0.846 bits per heavy atom. The Morgan fingerprint density at radius 2 is 1.38 bits per heavy atom. The second kappa shape index (κ2) is 7.77. The highest BCUT2D eigenvalue weighted by atomic mass is 32.2. The van der Waals surface area contributed by atoms with E-state index in [-0.39, 0.29) is 15.5 Å². The quantitative estimate of drug-likeness (QED) is 0.671. The van der Waals surface area contributed by atoms with E-state index in [1.165, 1.54) is 28.6 Å². The zero-order chi connectivity index (χ0) is 19.5. The molecule has 0 amide bonds. The Balaban J connectivity index is 2.34. The maximum atomic E-state index is 12.5. The lowest BCUT2D eigenvalue weighted by molar-refractivity contribution is 0.445. The minimum absolute atomic E-state index is 0.0480. The van der Waals surface area contributed by atoms with E-state index in [4.69, 9.17) is 4.18 Å². The third kappa shape index (κ3) is 4.08. The fraction of sp³-hybridized carbons (Fsp3) is 0.333. The van der Waals surface area contributed by atoms with Crippen LogP contribution in [0.2, 0.25) is 0 Å². The molecule has 0 heterocycles. The van der Waals surface area contributed by atoms with Crippen molar-refractivity contribution in [3.05, 3.63) is 53.6 Å². The highest BCUT2D eigenvalue weighted by Crippen LogP contribution is 2.25. The highest BCUT2D eigenvalue weighted by molar-refractivity contribution is 7.89. The van der Waals surface area contributed by atoms with E-state index in [9.17, 15) is 16.8 Å². The van der Waals surface area contributed by atoms with Crippen LogP contribution in [0, 0.1) is 13.8 Å². The number of aryl methyl sites for hydroxylation is 1. The fourth-order valence-corrected chi connectivity index (χ4v) is 4.91. The van der Waals surface area contributed by atoms with Crippen LogP contribution in [0.1, 0.15) is 25.0 Å². The van der Waals surface area contributed by atoms with Gasteiger partial charge in [-0.15, -0.1) is 0 Å². The van der Waals surface area contributed by atoms with Gasteiger partial charge in [-0.05, 0) is 55.3 Å². The Hall–Kier alpha value is -1.90. The summed E-state index contributed by atoms with van der Waals surface area (Å²) in [4.78, 5) is -0.0520. The normalized spacial score (nSPS) is 12.3. The molecule has 2 aromatic rings.